The molecule has 1 aromatic carbocycles. The molecule has 0 fully saturated rings. The molecule has 82 valence electrons. The zero-order valence-electron chi connectivity index (χ0n) is 9.95. The van der Waals surface area contributed by atoms with E-state index in [9.17, 15) is 0 Å². The van der Waals surface area contributed by atoms with E-state index in [2.05, 4.69) is 31.0 Å². The Labute approximate surface area is 92.0 Å². The Balaban J connectivity index is 3.16. The van der Waals surface area contributed by atoms with Gasteiger partial charge in [-0.15, -0.1) is 0 Å². The predicted octanol–water partition coefficient (Wildman–Crippen LogP) is 3.03. The molecule has 0 saturated carbocycles. The summed E-state index contributed by atoms with van der Waals surface area (Å²) in [6.45, 7) is 4.31. The molecule has 0 aliphatic heterocycles. The van der Waals surface area contributed by atoms with E-state index in [-0.39, 0.29) is 5.41 Å². The highest BCUT2D eigenvalue weighted by Gasteiger charge is 2.31. The molecule has 1 aromatic rings. The topological polar surface area (TPSA) is 21.6 Å². The first-order valence-electron chi connectivity index (χ1n) is 5.25. The second-order valence-electron chi connectivity index (χ2n) is 3.78. The van der Waals surface area contributed by atoms with E-state index >= 15 is 0 Å². The van der Waals surface area contributed by atoms with Gasteiger partial charge >= 0.3 is 0 Å². The van der Waals surface area contributed by atoms with Crippen molar-refractivity contribution < 1.29 is 4.74 Å². The summed E-state index contributed by atoms with van der Waals surface area (Å²) in [4.78, 5) is 4.22. The summed E-state index contributed by atoms with van der Waals surface area (Å²) < 4.78 is 5.36. The summed E-state index contributed by atoms with van der Waals surface area (Å²) in [6, 6.07) is 10.4. The van der Waals surface area contributed by atoms with Gasteiger partial charge in [-0.1, -0.05) is 37.3 Å². The predicted molar refractivity (Wildman–Crippen MR) is 64.5 cm³/mol. The van der Waals surface area contributed by atoms with Gasteiger partial charge in [-0.2, -0.15) is 0 Å². The fourth-order valence-electron chi connectivity index (χ4n) is 1.85. The van der Waals surface area contributed by atoms with Crippen LogP contribution in [0.5, 0.6) is 0 Å². The van der Waals surface area contributed by atoms with E-state index in [1.165, 1.54) is 5.56 Å². The van der Waals surface area contributed by atoms with Crippen LogP contribution < -0.4 is 0 Å². The van der Waals surface area contributed by atoms with E-state index in [1.807, 2.05) is 18.2 Å². The summed E-state index contributed by atoms with van der Waals surface area (Å²) in [7, 11) is 3.45. The number of hydrogen-bond donors (Lipinski definition) is 0. The number of nitrogens with zero attached hydrogens (tertiary/aromatic N) is 1. The molecule has 0 spiro atoms. The Morgan fingerprint density at radius 3 is 2.33 bits per heavy atom. The van der Waals surface area contributed by atoms with Gasteiger partial charge in [0.1, 0.15) is 0 Å². The van der Waals surface area contributed by atoms with Crippen LogP contribution in [0, 0.1) is 0 Å². The van der Waals surface area contributed by atoms with E-state index in [0.717, 1.165) is 12.3 Å². The number of hydrogen-bond acceptors (Lipinski definition) is 2. The van der Waals surface area contributed by atoms with Gasteiger partial charge in [-0.25, -0.2) is 0 Å². The molecule has 0 aromatic heterocycles. The Bertz CT molecular complexity index is 332. The van der Waals surface area contributed by atoms with E-state index in [1.54, 1.807) is 14.2 Å². The van der Waals surface area contributed by atoms with Crippen molar-refractivity contribution in [3.05, 3.63) is 35.9 Å². The molecule has 0 aliphatic carbocycles. The van der Waals surface area contributed by atoms with Gasteiger partial charge in [-0.3, -0.25) is 4.99 Å². The minimum Gasteiger partial charge on any atom is -0.484 e. The molecule has 0 aliphatic rings. The summed E-state index contributed by atoms with van der Waals surface area (Å²) in [5, 5.41) is 0. The molecule has 1 atom stereocenters. The van der Waals surface area contributed by atoms with Crippen molar-refractivity contribution >= 4 is 5.90 Å². The van der Waals surface area contributed by atoms with Crippen LogP contribution in [0.15, 0.2) is 35.3 Å². The first kappa shape index (κ1) is 11.8. The lowest BCUT2D eigenvalue weighted by molar-refractivity contribution is 0.348. The van der Waals surface area contributed by atoms with Gasteiger partial charge in [0.15, 0.2) is 5.90 Å². The van der Waals surface area contributed by atoms with E-state index in [4.69, 9.17) is 4.74 Å². The lowest BCUT2D eigenvalue weighted by Gasteiger charge is -2.28. The molecule has 1 rings (SSSR count). The van der Waals surface area contributed by atoms with Crippen molar-refractivity contribution in [3.63, 3.8) is 0 Å². The van der Waals surface area contributed by atoms with Crippen molar-refractivity contribution in [2.45, 2.75) is 25.7 Å². The molecule has 0 bridgehead atoms. The highest BCUT2D eigenvalue weighted by atomic mass is 16.5. The number of rotatable bonds is 3. The summed E-state index contributed by atoms with van der Waals surface area (Å²) >= 11 is 0. The largest absolute Gasteiger partial charge is 0.484 e. The fourth-order valence-corrected chi connectivity index (χ4v) is 1.85. The fraction of sp³-hybridized carbons (Fsp3) is 0.462. The van der Waals surface area contributed by atoms with Crippen LogP contribution in [0.25, 0.3) is 0 Å². The highest BCUT2D eigenvalue weighted by molar-refractivity contribution is 5.87. The molecular formula is C13H19NO. The van der Waals surface area contributed by atoms with Gasteiger partial charge in [-0.05, 0) is 18.9 Å². The zero-order chi connectivity index (χ0) is 11.3. The Kier molecular flexibility index (Phi) is 3.89. The van der Waals surface area contributed by atoms with Gasteiger partial charge in [0.2, 0.25) is 0 Å². The van der Waals surface area contributed by atoms with Crippen LogP contribution in [0.1, 0.15) is 25.8 Å². The molecule has 2 nitrogen and oxygen atoms in total. The lowest BCUT2D eigenvalue weighted by atomic mass is 9.80. The number of aliphatic imine (C=N–C) groups is 1. The minimum atomic E-state index is -0.120. The van der Waals surface area contributed by atoms with Crippen LogP contribution in [-0.2, 0) is 10.2 Å². The molecule has 1 unspecified atom stereocenters. The highest BCUT2D eigenvalue weighted by Crippen LogP contribution is 2.29. The smallest absolute Gasteiger partial charge is 0.193 e. The van der Waals surface area contributed by atoms with Gasteiger partial charge in [0.25, 0.3) is 0 Å². The van der Waals surface area contributed by atoms with Gasteiger partial charge in [0.05, 0.1) is 12.5 Å². The minimum absolute atomic E-state index is 0.120. The maximum absolute atomic E-state index is 5.36. The second kappa shape index (κ2) is 4.96. The summed E-state index contributed by atoms with van der Waals surface area (Å²) in [5.74, 6) is 0.788. The Morgan fingerprint density at radius 1 is 1.33 bits per heavy atom. The third-order valence-electron chi connectivity index (χ3n) is 2.99. The average Bonchev–Trinajstić information content (AvgIpc) is 2.31. The van der Waals surface area contributed by atoms with Crippen molar-refractivity contribution in [2.75, 3.05) is 14.2 Å². The van der Waals surface area contributed by atoms with Crippen LogP contribution in [-0.4, -0.2) is 20.1 Å². The Hall–Kier alpha value is -1.31. The van der Waals surface area contributed by atoms with Crippen LogP contribution in [0.4, 0.5) is 0 Å². The molecule has 2 heteroatoms. The molecule has 15 heavy (non-hydrogen) atoms. The molecule has 0 amide bonds. The van der Waals surface area contributed by atoms with Crippen molar-refractivity contribution in [3.8, 4) is 0 Å². The van der Waals surface area contributed by atoms with Crippen LogP contribution in [0.3, 0.4) is 0 Å². The van der Waals surface area contributed by atoms with Crippen molar-refractivity contribution in [1.82, 2.24) is 0 Å². The normalized spacial score (nSPS) is 15.9. The molecule has 0 N–H and O–H groups in total. The Morgan fingerprint density at radius 2 is 1.93 bits per heavy atom. The third-order valence-corrected chi connectivity index (χ3v) is 2.99. The molecule has 0 heterocycles. The summed E-state index contributed by atoms with van der Waals surface area (Å²) in [6.07, 6.45) is 0.970. The average molecular weight is 205 g/mol. The van der Waals surface area contributed by atoms with Crippen molar-refractivity contribution in [2.24, 2.45) is 4.99 Å². The first-order chi connectivity index (χ1) is 7.19. The van der Waals surface area contributed by atoms with Gasteiger partial charge < -0.3 is 4.74 Å². The van der Waals surface area contributed by atoms with E-state index in [0.29, 0.717) is 0 Å². The van der Waals surface area contributed by atoms with Crippen molar-refractivity contribution in [1.29, 1.82) is 0 Å². The first-order valence-corrected chi connectivity index (χ1v) is 5.25. The van der Waals surface area contributed by atoms with Crippen LogP contribution in [0.2, 0.25) is 0 Å². The monoisotopic (exact) mass is 205 g/mol. The van der Waals surface area contributed by atoms with E-state index < -0.39 is 0 Å². The molecular weight excluding hydrogens is 186 g/mol. The number of methoxy groups -OCH3 is 1. The number of benzene rings is 1. The number of ether oxygens (including phenoxy) is 1. The maximum atomic E-state index is 5.36. The zero-order valence-corrected chi connectivity index (χ0v) is 9.95. The van der Waals surface area contributed by atoms with Crippen LogP contribution >= 0.6 is 0 Å². The SMILES string of the molecule is CCC(C)(C(=NC)OC)c1ccccc1. The molecule has 0 saturated heterocycles. The van der Waals surface area contributed by atoms with Gasteiger partial charge in [0, 0.05) is 7.05 Å². The third kappa shape index (κ3) is 2.20. The maximum Gasteiger partial charge on any atom is 0.193 e. The lowest BCUT2D eigenvalue weighted by Crippen LogP contribution is -2.33. The standard InChI is InChI=1S/C13H19NO/c1-5-13(2,12(14-3)15-4)11-9-7-6-8-10-11/h6-10H,5H2,1-4H3. The second-order valence-corrected chi connectivity index (χ2v) is 3.78. The quantitative estimate of drug-likeness (QED) is 0.549. The summed E-state index contributed by atoms with van der Waals surface area (Å²) in [5.41, 5.74) is 1.13. The molecule has 0 radical (unpaired) electrons.